The average Bonchev–Trinajstić information content (AvgIpc) is 2.96. The highest BCUT2D eigenvalue weighted by Crippen LogP contribution is 2.34. The van der Waals surface area contributed by atoms with Gasteiger partial charge < -0.3 is 14.5 Å². The number of nitrogens with zero attached hydrogens (tertiary/aromatic N) is 1. The number of benzene rings is 2. The Bertz CT molecular complexity index is 793. The van der Waals surface area contributed by atoms with Crippen molar-refractivity contribution in [1.82, 2.24) is 9.97 Å². The maximum atomic E-state index is 5.44. The molecule has 0 spiro atoms. The Labute approximate surface area is 129 Å². The molecule has 1 heterocycles. The van der Waals surface area contributed by atoms with Gasteiger partial charge in [0.05, 0.1) is 25.5 Å². The second-order valence-corrected chi connectivity index (χ2v) is 4.96. The van der Waals surface area contributed by atoms with E-state index in [0.717, 1.165) is 39.8 Å². The monoisotopic (exact) mass is 294 g/mol. The molecule has 1 N–H and O–H groups in total. The number of imidazole rings is 1. The van der Waals surface area contributed by atoms with Crippen LogP contribution >= 0.6 is 0 Å². The Hall–Kier alpha value is -2.75. The average molecular weight is 294 g/mol. The van der Waals surface area contributed by atoms with Gasteiger partial charge in [0, 0.05) is 11.3 Å². The molecular formula is C18H18N2O2. The topological polar surface area (TPSA) is 47.1 Å². The van der Waals surface area contributed by atoms with Crippen LogP contribution in [0.5, 0.6) is 11.5 Å². The fraction of sp³-hybridized carbons (Fsp3) is 0.167. The molecule has 4 nitrogen and oxygen atoms in total. The van der Waals surface area contributed by atoms with Crippen LogP contribution in [0.25, 0.3) is 22.6 Å². The normalized spacial score (nSPS) is 10.5. The molecule has 1 aromatic heterocycles. The smallest absolute Gasteiger partial charge is 0.142 e. The molecule has 3 rings (SSSR count). The lowest BCUT2D eigenvalue weighted by Crippen LogP contribution is -1.90. The van der Waals surface area contributed by atoms with E-state index in [0.29, 0.717) is 0 Å². The van der Waals surface area contributed by atoms with Crippen LogP contribution in [0.15, 0.2) is 48.5 Å². The zero-order valence-electron chi connectivity index (χ0n) is 12.9. The van der Waals surface area contributed by atoms with E-state index >= 15 is 0 Å². The van der Waals surface area contributed by atoms with Crippen molar-refractivity contribution < 1.29 is 9.47 Å². The Morgan fingerprint density at radius 2 is 1.36 bits per heavy atom. The van der Waals surface area contributed by atoms with Crippen LogP contribution in [0.3, 0.4) is 0 Å². The van der Waals surface area contributed by atoms with Gasteiger partial charge in [-0.2, -0.15) is 0 Å². The van der Waals surface area contributed by atoms with Gasteiger partial charge in [-0.1, -0.05) is 24.3 Å². The molecule has 0 atom stereocenters. The third-order valence-corrected chi connectivity index (χ3v) is 3.61. The van der Waals surface area contributed by atoms with E-state index in [9.17, 15) is 0 Å². The van der Waals surface area contributed by atoms with Crippen LogP contribution in [-0.2, 0) is 0 Å². The van der Waals surface area contributed by atoms with E-state index in [1.54, 1.807) is 14.2 Å². The zero-order valence-corrected chi connectivity index (χ0v) is 12.9. The molecule has 0 saturated heterocycles. The lowest BCUT2D eigenvalue weighted by atomic mass is 10.1. The number of aromatic amines is 1. The minimum atomic E-state index is 0.788. The first-order chi connectivity index (χ1) is 10.7. The van der Waals surface area contributed by atoms with E-state index in [2.05, 4.69) is 4.98 Å². The molecule has 112 valence electrons. The molecule has 0 fully saturated rings. The van der Waals surface area contributed by atoms with Gasteiger partial charge in [0.25, 0.3) is 0 Å². The van der Waals surface area contributed by atoms with Crippen molar-refractivity contribution in [2.75, 3.05) is 14.2 Å². The van der Waals surface area contributed by atoms with Gasteiger partial charge in [0.15, 0.2) is 0 Å². The first-order valence-electron chi connectivity index (χ1n) is 7.08. The van der Waals surface area contributed by atoms with Gasteiger partial charge in [-0.05, 0) is 31.2 Å². The lowest BCUT2D eigenvalue weighted by molar-refractivity contribution is 0.416. The number of hydrogen-bond donors (Lipinski definition) is 1. The van der Waals surface area contributed by atoms with Gasteiger partial charge >= 0.3 is 0 Å². The second-order valence-electron chi connectivity index (χ2n) is 4.96. The summed E-state index contributed by atoms with van der Waals surface area (Å²) >= 11 is 0. The Morgan fingerprint density at radius 3 is 2.00 bits per heavy atom. The SMILES string of the molecule is COc1ccccc1-c1nc(-c2ccccc2OC)c(C)[nH]1. The summed E-state index contributed by atoms with van der Waals surface area (Å²) in [7, 11) is 3.33. The molecule has 2 aromatic carbocycles. The molecule has 0 aliphatic heterocycles. The van der Waals surface area contributed by atoms with Crippen molar-refractivity contribution >= 4 is 0 Å². The Balaban J connectivity index is 2.12. The predicted octanol–water partition coefficient (Wildman–Crippen LogP) is 4.07. The van der Waals surface area contributed by atoms with E-state index in [4.69, 9.17) is 14.5 Å². The molecule has 0 saturated carbocycles. The maximum absolute atomic E-state index is 5.44. The number of H-pyrrole nitrogens is 1. The Morgan fingerprint density at radius 1 is 0.818 bits per heavy atom. The summed E-state index contributed by atoms with van der Waals surface area (Å²) in [6.45, 7) is 2.01. The predicted molar refractivity (Wildman–Crippen MR) is 87.3 cm³/mol. The Kier molecular flexibility index (Phi) is 3.83. The number of nitrogens with one attached hydrogen (secondary N) is 1. The molecule has 0 radical (unpaired) electrons. The van der Waals surface area contributed by atoms with Crippen LogP contribution in [0.1, 0.15) is 5.69 Å². The van der Waals surface area contributed by atoms with Crippen molar-refractivity contribution in [3.63, 3.8) is 0 Å². The molecule has 3 aromatic rings. The fourth-order valence-electron chi connectivity index (χ4n) is 2.53. The third kappa shape index (κ3) is 2.44. The van der Waals surface area contributed by atoms with Crippen LogP contribution in [0.4, 0.5) is 0 Å². The highest BCUT2D eigenvalue weighted by atomic mass is 16.5. The van der Waals surface area contributed by atoms with E-state index in [1.807, 2.05) is 55.5 Å². The van der Waals surface area contributed by atoms with Crippen LogP contribution in [0, 0.1) is 6.92 Å². The lowest BCUT2D eigenvalue weighted by Gasteiger charge is -2.06. The molecule has 4 heteroatoms. The number of methoxy groups -OCH3 is 2. The quantitative estimate of drug-likeness (QED) is 0.789. The van der Waals surface area contributed by atoms with Crippen LogP contribution in [0.2, 0.25) is 0 Å². The van der Waals surface area contributed by atoms with Crippen molar-refractivity contribution in [3.05, 3.63) is 54.2 Å². The number of ether oxygens (including phenoxy) is 2. The van der Waals surface area contributed by atoms with Gasteiger partial charge in [-0.3, -0.25) is 0 Å². The van der Waals surface area contributed by atoms with Crippen molar-refractivity contribution in [2.24, 2.45) is 0 Å². The van der Waals surface area contributed by atoms with E-state index < -0.39 is 0 Å². The summed E-state index contributed by atoms with van der Waals surface area (Å²) in [5.41, 5.74) is 3.79. The molecule has 22 heavy (non-hydrogen) atoms. The van der Waals surface area contributed by atoms with Gasteiger partial charge in [0.2, 0.25) is 0 Å². The van der Waals surface area contributed by atoms with E-state index in [-0.39, 0.29) is 0 Å². The van der Waals surface area contributed by atoms with Crippen LogP contribution < -0.4 is 9.47 Å². The van der Waals surface area contributed by atoms with Gasteiger partial charge in [0.1, 0.15) is 17.3 Å². The first kappa shape index (κ1) is 14.2. The summed E-state index contributed by atoms with van der Waals surface area (Å²) in [5, 5.41) is 0. The van der Waals surface area contributed by atoms with Crippen molar-refractivity contribution in [3.8, 4) is 34.1 Å². The summed E-state index contributed by atoms with van der Waals surface area (Å²) in [6.07, 6.45) is 0. The molecule has 0 aliphatic rings. The largest absolute Gasteiger partial charge is 0.496 e. The van der Waals surface area contributed by atoms with Crippen LogP contribution in [-0.4, -0.2) is 24.2 Å². The van der Waals surface area contributed by atoms with Crippen molar-refractivity contribution in [1.29, 1.82) is 0 Å². The summed E-state index contributed by atoms with van der Waals surface area (Å²) < 4.78 is 10.9. The molecular weight excluding hydrogens is 276 g/mol. The standard InChI is InChI=1S/C18H18N2O2/c1-12-17(13-8-4-6-10-15(13)21-2)20-18(19-12)14-9-5-7-11-16(14)22-3/h4-11H,1-3H3,(H,19,20). The van der Waals surface area contributed by atoms with E-state index in [1.165, 1.54) is 0 Å². The van der Waals surface area contributed by atoms with Crippen molar-refractivity contribution in [2.45, 2.75) is 6.92 Å². The van der Waals surface area contributed by atoms with Gasteiger partial charge in [-0.25, -0.2) is 4.98 Å². The molecule has 0 unspecified atom stereocenters. The number of aryl methyl sites for hydroxylation is 1. The minimum Gasteiger partial charge on any atom is -0.496 e. The minimum absolute atomic E-state index is 0.788. The first-order valence-corrected chi connectivity index (χ1v) is 7.08. The fourth-order valence-corrected chi connectivity index (χ4v) is 2.53. The highest BCUT2D eigenvalue weighted by Gasteiger charge is 2.15. The number of aromatic nitrogens is 2. The zero-order chi connectivity index (χ0) is 15.5. The number of hydrogen-bond acceptors (Lipinski definition) is 3. The highest BCUT2D eigenvalue weighted by molar-refractivity contribution is 5.73. The molecule has 0 amide bonds. The molecule has 0 bridgehead atoms. The summed E-state index contributed by atoms with van der Waals surface area (Å²) in [5.74, 6) is 2.39. The third-order valence-electron chi connectivity index (χ3n) is 3.61. The number of para-hydroxylation sites is 2. The summed E-state index contributed by atoms with van der Waals surface area (Å²) in [4.78, 5) is 8.09. The maximum Gasteiger partial charge on any atom is 0.142 e. The second kappa shape index (κ2) is 5.93. The summed E-state index contributed by atoms with van der Waals surface area (Å²) in [6, 6.07) is 15.7. The van der Waals surface area contributed by atoms with Gasteiger partial charge in [-0.15, -0.1) is 0 Å². The number of rotatable bonds is 4. The molecule has 0 aliphatic carbocycles.